The van der Waals surface area contributed by atoms with Crippen LogP contribution >= 0.6 is 11.8 Å². The maximum Gasteiger partial charge on any atom is 0.243 e. The van der Waals surface area contributed by atoms with Gasteiger partial charge in [0.15, 0.2) is 0 Å². The molecule has 1 aromatic rings. The van der Waals surface area contributed by atoms with Crippen LogP contribution in [0, 0.1) is 11.8 Å². The molecule has 21 heavy (non-hydrogen) atoms. The van der Waals surface area contributed by atoms with E-state index in [1.165, 1.54) is 0 Å². The lowest BCUT2D eigenvalue weighted by molar-refractivity contribution is -0.122. The van der Waals surface area contributed by atoms with Crippen molar-refractivity contribution in [3.05, 3.63) is 29.8 Å². The summed E-state index contributed by atoms with van der Waals surface area (Å²) in [6.45, 7) is 2.03. The van der Waals surface area contributed by atoms with Gasteiger partial charge in [0.05, 0.1) is 11.5 Å². The van der Waals surface area contributed by atoms with Crippen LogP contribution < -0.4 is 10.7 Å². The van der Waals surface area contributed by atoms with E-state index in [-0.39, 0.29) is 23.7 Å². The van der Waals surface area contributed by atoms with Crippen molar-refractivity contribution in [1.82, 2.24) is 5.43 Å². The van der Waals surface area contributed by atoms with Crippen LogP contribution in [0.25, 0.3) is 0 Å². The number of fused-ring (bicyclic) bond motifs is 1. The van der Waals surface area contributed by atoms with Crippen molar-refractivity contribution in [2.45, 2.75) is 13.3 Å². The van der Waals surface area contributed by atoms with Crippen molar-refractivity contribution in [2.24, 2.45) is 16.9 Å². The zero-order valence-corrected chi connectivity index (χ0v) is 12.6. The Morgan fingerprint density at radius 3 is 2.86 bits per heavy atom. The monoisotopic (exact) mass is 303 g/mol. The molecule has 2 unspecified atom stereocenters. The van der Waals surface area contributed by atoms with Gasteiger partial charge < -0.3 is 5.32 Å². The molecule has 0 saturated heterocycles. The van der Waals surface area contributed by atoms with Gasteiger partial charge in [0.2, 0.25) is 11.8 Å². The summed E-state index contributed by atoms with van der Waals surface area (Å²) in [7, 11) is 0. The highest BCUT2D eigenvalue weighted by Gasteiger charge is 2.49. The highest BCUT2D eigenvalue weighted by atomic mass is 32.2. The van der Waals surface area contributed by atoms with Crippen molar-refractivity contribution in [1.29, 1.82) is 0 Å². The number of benzene rings is 1. The first-order valence-corrected chi connectivity index (χ1v) is 8.20. The third-order valence-corrected chi connectivity index (χ3v) is 4.54. The van der Waals surface area contributed by atoms with Crippen LogP contribution in [0.1, 0.15) is 18.9 Å². The second-order valence-electron chi connectivity index (χ2n) is 5.18. The van der Waals surface area contributed by atoms with Crippen LogP contribution in [-0.4, -0.2) is 29.0 Å². The molecular weight excluding hydrogens is 286 g/mol. The van der Waals surface area contributed by atoms with Gasteiger partial charge in [-0.3, -0.25) is 9.59 Å². The number of anilines is 1. The molecule has 0 bridgehead atoms. The van der Waals surface area contributed by atoms with E-state index < -0.39 is 0 Å². The Morgan fingerprint density at radius 2 is 2.14 bits per heavy atom. The summed E-state index contributed by atoms with van der Waals surface area (Å²) in [5.41, 5.74) is 5.30. The smallest absolute Gasteiger partial charge is 0.243 e. The Kier molecular flexibility index (Phi) is 3.96. The van der Waals surface area contributed by atoms with Crippen LogP contribution in [0.4, 0.5) is 5.69 Å². The number of rotatable bonds is 5. The van der Waals surface area contributed by atoms with E-state index in [0.29, 0.717) is 5.75 Å². The minimum absolute atomic E-state index is 0.0131. The maximum absolute atomic E-state index is 11.6. The SMILES string of the molecule is CCSCC(=O)Nc1ccc(C2=NNC(=O)C3CC23)cc1. The van der Waals surface area contributed by atoms with Crippen LogP contribution in [0.3, 0.4) is 0 Å². The summed E-state index contributed by atoms with van der Waals surface area (Å²) in [6.07, 6.45) is 0.886. The standard InChI is InChI=1S/C15H17N3O2S/c1-2-21-8-13(19)16-10-5-3-9(4-6-10)14-11-7-12(11)15(20)18-17-14/h3-6,11-12H,2,7-8H2,1H3,(H,16,19)(H,18,20). The van der Waals surface area contributed by atoms with Gasteiger partial charge in [-0.25, -0.2) is 5.43 Å². The molecule has 6 heteroatoms. The quantitative estimate of drug-likeness (QED) is 0.872. The van der Waals surface area contributed by atoms with E-state index in [0.717, 1.165) is 29.1 Å². The average Bonchev–Trinajstić information content (AvgIpc) is 3.28. The van der Waals surface area contributed by atoms with Gasteiger partial charge in [0.1, 0.15) is 0 Å². The molecule has 0 spiro atoms. The number of nitrogens with one attached hydrogen (secondary N) is 2. The minimum atomic E-state index is 0.0131. The molecule has 5 nitrogen and oxygen atoms in total. The molecule has 3 rings (SSSR count). The molecule has 1 heterocycles. The molecule has 0 aromatic heterocycles. The Bertz CT molecular complexity index is 597. The predicted octanol–water partition coefficient (Wildman–Crippen LogP) is 1.85. The fourth-order valence-electron chi connectivity index (χ4n) is 2.46. The number of thioether (sulfide) groups is 1. The van der Waals surface area contributed by atoms with E-state index in [1.807, 2.05) is 31.2 Å². The predicted molar refractivity (Wildman–Crippen MR) is 84.3 cm³/mol. The first-order chi connectivity index (χ1) is 10.2. The van der Waals surface area contributed by atoms with Crippen molar-refractivity contribution >= 4 is 35.0 Å². The molecule has 2 N–H and O–H groups in total. The Balaban J connectivity index is 1.65. The summed E-state index contributed by atoms with van der Waals surface area (Å²) in [5.74, 6) is 1.81. The third kappa shape index (κ3) is 3.10. The summed E-state index contributed by atoms with van der Waals surface area (Å²) < 4.78 is 0. The molecule has 1 aliphatic heterocycles. The number of carbonyl (C=O) groups excluding carboxylic acids is 2. The molecule has 2 aliphatic rings. The Labute approximate surface area is 127 Å². The van der Waals surface area contributed by atoms with Gasteiger partial charge >= 0.3 is 0 Å². The molecule has 1 aromatic carbocycles. The van der Waals surface area contributed by atoms with Gasteiger partial charge in [-0.2, -0.15) is 16.9 Å². The summed E-state index contributed by atoms with van der Waals surface area (Å²) >= 11 is 1.60. The second-order valence-corrected chi connectivity index (χ2v) is 6.46. The average molecular weight is 303 g/mol. The number of carbonyl (C=O) groups is 2. The number of amides is 2. The maximum atomic E-state index is 11.6. The van der Waals surface area contributed by atoms with Gasteiger partial charge in [-0.15, -0.1) is 0 Å². The zero-order valence-electron chi connectivity index (χ0n) is 11.8. The Morgan fingerprint density at radius 1 is 1.38 bits per heavy atom. The molecule has 110 valence electrons. The number of hydrazone groups is 1. The van der Waals surface area contributed by atoms with E-state index in [2.05, 4.69) is 15.8 Å². The first-order valence-electron chi connectivity index (χ1n) is 7.04. The molecule has 2 amide bonds. The molecule has 1 fully saturated rings. The largest absolute Gasteiger partial charge is 0.325 e. The van der Waals surface area contributed by atoms with Gasteiger partial charge in [-0.05, 0) is 29.9 Å². The van der Waals surface area contributed by atoms with Crippen molar-refractivity contribution in [3.8, 4) is 0 Å². The Hall–Kier alpha value is -1.82. The summed E-state index contributed by atoms with van der Waals surface area (Å²) in [4.78, 5) is 23.1. The van der Waals surface area contributed by atoms with Crippen LogP contribution in [-0.2, 0) is 9.59 Å². The number of hydrogen-bond donors (Lipinski definition) is 2. The fourth-order valence-corrected chi connectivity index (χ4v) is 2.92. The van der Waals surface area contributed by atoms with Crippen molar-refractivity contribution in [3.63, 3.8) is 0 Å². The van der Waals surface area contributed by atoms with E-state index in [9.17, 15) is 9.59 Å². The zero-order chi connectivity index (χ0) is 14.8. The van der Waals surface area contributed by atoms with Gasteiger partial charge in [0.25, 0.3) is 0 Å². The second kappa shape index (κ2) is 5.89. The summed E-state index contributed by atoms with van der Waals surface area (Å²) in [6, 6.07) is 7.63. The van der Waals surface area contributed by atoms with E-state index in [1.54, 1.807) is 11.8 Å². The lowest BCUT2D eigenvalue weighted by atomic mass is 10.0. The normalized spacial score (nSPS) is 22.9. The van der Waals surface area contributed by atoms with Gasteiger partial charge in [-0.1, -0.05) is 19.1 Å². The summed E-state index contributed by atoms with van der Waals surface area (Å²) in [5, 5.41) is 7.03. The lowest BCUT2D eigenvalue weighted by Gasteiger charge is -2.12. The lowest BCUT2D eigenvalue weighted by Crippen LogP contribution is -2.28. The fraction of sp³-hybridized carbons (Fsp3) is 0.400. The topological polar surface area (TPSA) is 70.6 Å². The van der Waals surface area contributed by atoms with E-state index >= 15 is 0 Å². The van der Waals surface area contributed by atoms with Crippen LogP contribution in [0.2, 0.25) is 0 Å². The van der Waals surface area contributed by atoms with Crippen molar-refractivity contribution in [2.75, 3.05) is 16.8 Å². The highest BCUT2D eigenvalue weighted by Crippen LogP contribution is 2.43. The van der Waals surface area contributed by atoms with E-state index in [4.69, 9.17) is 0 Å². The third-order valence-electron chi connectivity index (χ3n) is 3.67. The number of hydrogen-bond acceptors (Lipinski definition) is 4. The van der Waals surface area contributed by atoms with Crippen molar-refractivity contribution < 1.29 is 9.59 Å². The molecule has 2 atom stereocenters. The molecular formula is C15H17N3O2S. The molecule has 1 aliphatic carbocycles. The van der Waals surface area contributed by atoms with Crippen LogP contribution in [0.5, 0.6) is 0 Å². The number of nitrogens with zero attached hydrogens (tertiary/aromatic N) is 1. The van der Waals surface area contributed by atoms with Gasteiger partial charge in [0, 0.05) is 17.5 Å². The molecule has 1 saturated carbocycles. The molecule has 0 radical (unpaired) electrons. The minimum Gasteiger partial charge on any atom is -0.325 e. The highest BCUT2D eigenvalue weighted by molar-refractivity contribution is 7.99. The first kappa shape index (κ1) is 14.1. The van der Waals surface area contributed by atoms with Crippen LogP contribution in [0.15, 0.2) is 29.4 Å².